The minimum atomic E-state index is -0.805. The van der Waals surface area contributed by atoms with E-state index in [-0.39, 0.29) is 18.4 Å². The van der Waals surface area contributed by atoms with Gasteiger partial charge in [0.15, 0.2) is 11.5 Å². The van der Waals surface area contributed by atoms with Crippen LogP contribution in [0.25, 0.3) is 0 Å². The molecule has 28 heavy (non-hydrogen) atoms. The van der Waals surface area contributed by atoms with Crippen LogP contribution in [-0.4, -0.2) is 38.1 Å². The van der Waals surface area contributed by atoms with Crippen molar-refractivity contribution >= 4 is 11.8 Å². The Balaban J connectivity index is 1.49. The minimum Gasteiger partial charge on any atom is -0.486 e. The number of benzene rings is 2. The van der Waals surface area contributed by atoms with Gasteiger partial charge in [-0.15, -0.1) is 0 Å². The second kappa shape index (κ2) is 8.78. The fourth-order valence-corrected chi connectivity index (χ4v) is 3.00. The summed E-state index contributed by atoms with van der Waals surface area (Å²) >= 11 is 0. The molecule has 6 heteroatoms. The Morgan fingerprint density at radius 3 is 2.43 bits per heavy atom. The number of nitrogens with one attached hydrogen (secondary N) is 2. The lowest BCUT2D eigenvalue weighted by atomic mass is 9.83. The van der Waals surface area contributed by atoms with E-state index >= 15 is 0 Å². The summed E-state index contributed by atoms with van der Waals surface area (Å²) in [6.45, 7) is 5.13. The monoisotopic (exact) mass is 382 g/mol. The molecule has 2 aromatic carbocycles. The number of amides is 2. The molecule has 0 aliphatic carbocycles. The SMILES string of the molecule is CC(C)(C(=O)NCC(=O)NCCc1ccccc1)c1ccc2c(c1)OCCO2. The summed E-state index contributed by atoms with van der Waals surface area (Å²) in [6, 6.07) is 15.4. The molecular weight excluding hydrogens is 356 g/mol. The Labute approximate surface area is 165 Å². The van der Waals surface area contributed by atoms with Crippen molar-refractivity contribution < 1.29 is 19.1 Å². The average Bonchev–Trinajstić information content (AvgIpc) is 2.72. The molecule has 2 aromatic rings. The average molecular weight is 382 g/mol. The number of rotatable bonds is 7. The fourth-order valence-electron chi connectivity index (χ4n) is 3.00. The van der Waals surface area contributed by atoms with Crippen molar-refractivity contribution in [3.05, 3.63) is 59.7 Å². The molecule has 0 spiro atoms. The van der Waals surface area contributed by atoms with Crippen LogP contribution in [0.3, 0.4) is 0 Å². The second-order valence-corrected chi connectivity index (χ2v) is 7.25. The van der Waals surface area contributed by atoms with E-state index in [1.54, 1.807) is 0 Å². The predicted octanol–water partition coefficient (Wildman–Crippen LogP) is 2.21. The van der Waals surface area contributed by atoms with Gasteiger partial charge in [0.2, 0.25) is 11.8 Å². The van der Waals surface area contributed by atoms with E-state index < -0.39 is 5.41 Å². The smallest absolute Gasteiger partial charge is 0.239 e. The molecule has 0 radical (unpaired) electrons. The van der Waals surface area contributed by atoms with Gasteiger partial charge in [-0.05, 0) is 43.5 Å². The highest BCUT2D eigenvalue weighted by atomic mass is 16.6. The second-order valence-electron chi connectivity index (χ2n) is 7.25. The molecular formula is C22H26N2O4. The maximum Gasteiger partial charge on any atom is 0.239 e. The summed E-state index contributed by atoms with van der Waals surface area (Å²) in [5.74, 6) is 0.900. The van der Waals surface area contributed by atoms with Gasteiger partial charge in [-0.1, -0.05) is 36.4 Å². The molecule has 0 unspecified atom stereocenters. The molecule has 3 rings (SSSR count). The standard InChI is InChI=1S/C22H26N2O4/c1-22(2,17-8-9-18-19(14-17)28-13-12-27-18)21(26)24-15-20(25)23-11-10-16-6-4-3-5-7-16/h3-9,14H,10-13,15H2,1-2H3,(H,23,25)(H,24,26). The summed E-state index contributed by atoms with van der Waals surface area (Å²) < 4.78 is 11.1. The van der Waals surface area contributed by atoms with Gasteiger partial charge in [-0.3, -0.25) is 9.59 Å². The van der Waals surface area contributed by atoms with E-state index in [0.717, 1.165) is 17.5 Å². The van der Waals surface area contributed by atoms with Crippen LogP contribution >= 0.6 is 0 Å². The molecule has 1 heterocycles. The summed E-state index contributed by atoms with van der Waals surface area (Å²) in [4.78, 5) is 24.7. The van der Waals surface area contributed by atoms with Crippen molar-refractivity contribution in [2.75, 3.05) is 26.3 Å². The molecule has 0 fully saturated rings. The molecule has 2 amide bonds. The van der Waals surface area contributed by atoms with Crippen molar-refractivity contribution in [3.63, 3.8) is 0 Å². The third-order valence-corrected chi connectivity index (χ3v) is 4.82. The van der Waals surface area contributed by atoms with Crippen LogP contribution in [0.2, 0.25) is 0 Å². The number of hydrogen-bond acceptors (Lipinski definition) is 4. The Morgan fingerprint density at radius 2 is 1.68 bits per heavy atom. The first kappa shape index (κ1) is 19.7. The first-order valence-corrected chi connectivity index (χ1v) is 9.46. The fraction of sp³-hybridized carbons (Fsp3) is 0.364. The van der Waals surface area contributed by atoms with Crippen LogP contribution in [0.4, 0.5) is 0 Å². The van der Waals surface area contributed by atoms with Crippen LogP contribution in [0.15, 0.2) is 48.5 Å². The van der Waals surface area contributed by atoms with Crippen molar-refractivity contribution in [2.24, 2.45) is 0 Å². The van der Waals surface area contributed by atoms with Gasteiger partial charge in [0.25, 0.3) is 0 Å². The molecule has 148 valence electrons. The molecule has 1 aliphatic rings. The zero-order valence-electron chi connectivity index (χ0n) is 16.3. The first-order valence-electron chi connectivity index (χ1n) is 9.46. The highest BCUT2D eigenvalue weighted by Crippen LogP contribution is 2.35. The van der Waals surface area contributed by atoms with E-state index in [2.05, 4.69) is 10.6 Å². The highest BCUT2D eigenvalue weighted by Gasteiger charge is 2.31. The Kier molecular flexibility index (Phi) is 6.19. The van der Waals surface area contributed by atoms with Crippen LogP contribution in [0.5, 0.6) is 11.5 Å². The third kappa shape index (κ3) is 4.82. The van der Waals surface area contributed by atoms with Crippen LogP contribution < -0.4 is 20.1 Å². The Morgan fingerprint density at radius 1 is 0.964 bits per heavy atom. The van der Waals surface area contributed by atoms with Gasteiger partial charge in [0.05, 0.1) is 12.0 Å². The van der Waals surface area contributed by atoms with E-state index in [4.69, 9.17) is 9.47 Å². The first-order chi connectivity index (χ1) is 13.5. The normalized spacial score (nSPS) is 12.9. The molecule has 2 N–H and O–H groups in total. The maximum absolute atomic E-state index is 12.7. The van der Waals surface area contributed by atoms with Gasteiger partial charge in [0, 0.05) is 6.54 Å². The van der Waals surface area contributed by atoms with Crippen LogP contribution in [-0.2, 0) is 21.4 Å². The Bertz CT molecular complexity index is 834. The lowest BCUT2D eigenvalue weighted by molar-refractivity contribution is -0.129. The van der Waals surface area contributed by atoms with Gasteiger partial charge >= 0.3 is 0 Å². The van der Waals surface area contributed by atoms with Crippen molar-refractivity contribution in [2.45, 2.75) is 25.7 Å². The molecule has 0 atom stereocenters. The summed E-state index contributed by atoms with van der Waals surface area (Å²) in [5.41, 5.74) is 1.16. The van der Waals surface area contributed by atoms with Crippen LogP contribution in [0.1, 0.15) is 25.0 Å². The van der Waals surface area contributed by atoms with Crippen molar-refractivity contribution in [1.82, 2.24) is 10.6 Å². The van der Waals surface area contributed by atoms with E-state index in [9.17, 15) is 9.59 Å². The zero-order valence-corrected chi connectivity index (χ0v) is 16.3. The van der Waals surface area contributed by atoms with Gasteiger partial charge < -0.3 is 20.1 Å². The Hall–Kier alpha value is -3.02. The minimum absolute atomic E-state index is 0.0540. The molecule has 6 nitrogen and oxygen atoms in total. The summed E-state index contributed by atoms with van der Waals surface area (Å²) in [6.07, 6.45) is 0.753. The lowest BCUT2D eigenvalue weighted by Crippen LogP contribution is -2.45. The highest BCUT2D eigenvalue weighted by molar-refractivity contribution is 5.91. The maximum atomic E-state index is 12.7. The molecule has 0 aromatic heterocycles. The molecule has 0 saturated carbocycles. The molecule has 0 saturated heterocycles. The van der Waals surface area contributed by atoms with E-state index in [0.29, 0.717) is 31.3 Å². The number of ether oxygens (including phenoxy) is 2. The lowest BCUT2D eigenvalue weighted by Gasteiger charge is -2.26. The van der Waals surface area contributed by atoms with Gasteiger partial charge in [-0.25, -0.2) is 0 Å². The topological polar surface area (TPSA) is 76.7 Å². The predicted molar refractivity (Wildman–Crippen MR) is 107 cm³/mol. The quantitative estimate of drug-likeness (QED) is 0.770. The van der Waals surface area contributed by atoms with E-state index in [1.807, 2.05) is 62.4 Å². The zero-order chi connectivity index (χ0) is 20.0. The molecule has 0 bridgehead atoms. The van der Waals surface area contributed by atoms with Crippen LogP contribution in [0, 0.1) is 0 Å². The number of carbonyl (C=O) groups is 2. The number of fused-ring (bicyclic) bond motifs is 1. The van der Waals surface area contributed by atoms with Gasteiger partial charge in [-0.2, -0.15) is 0 Å². The third-order valence-electron chi connectivity index (χ3n) is 4.82. The molecule has 1 aliphatic heterocycles. The number of hydrogen-bond donors (Lipinski definition) is 2. The van der Waals surface area contributed by atoms with Crippen molar-refractivity contribution in [1.29, 1.82) is 0 Å². The van der Waals surface area contributed by atoms with E-state index in [1.165, 1.54) is 0 Å². The number of carbonyl (C=O) groups excluding carboxylic acids is 2. The van der Waals surface area contributed by atoms with Crippen molar-refractivity contribution in [3.8, 4) is 11.5 Å². The van der Waals surface area contributed by atoms with Gasteiger partial charge in [0.1, 0.15) is 13.2 Å². The largest absolute Gasteiger partial charge is 0.486 e. The summed E-state index contributed by atoms with van der Waals surface area (Å²) in [7, 11) is 0. The summed E-state index contributed by atoms with van der Waals surface area (Å²) in [5, 5.41) is 5.56.